The highest BCUT2D eigenvalue weighted by atomic mass is 32.2. The largest absolute Gasteiger partial charge is 0.481 e. The molecule has 0 aromatic heterocycles. The minimum atomic E-state index is -4.20. The SMILES string of the molecule is CC(C)C(NS(=O)(=O)c1ccccc1F)C(=O)NCCSCC(=O)O. The summed E-state index contributed by atoms with van der Waals surface area (Å²) in [4.78, 5) is 22.1. The number of carbonyl (C=O) groups excluding carboxylic acids is 1. The third-order valence-electron chi connectivity index (χ3n) is 3.13. The predicted molar refractivity (Wildman–Crippen MR) is 93.3 cm³/mol. The van der Waals surface area contributed by atoms with Gasteiger partial charge in [-0.3, -0.25) is 9.59 Å². The second kappa shape index (κ2) is 9.73. The van der Waals surface area contributed by atoms with Crippen LogP contribution in [-0.4, -0.2) is 49.5 Å². The van der Waals surface area contributed by atoms with Crippen LogP contribution in [0.25, 0.3) is 0 Å². The van der Waals surface area contributed by atoms with Crippen molar-refractivity contribution in [2.45, 2.75) is 24.8 Å². The Morgan fingerprint density at radius 2 is 1.92 bits per heavy atom. The molecule has 0 aliphatic rings. The van der Waals surface area contributed by atoms with Crippen molar-refractivity contribution in [3.05, 3.63) is 30.1 Å². The summed E-state index contributed by atoms with van der Waals surface area (Å²) in [6.07, 6.45) is 0. The zero-order valence-corrected chi connectivity index (χ0v) is 15.5. The fourth-order valence-corrected chi connectivity index (χ4v) is 3.89. The maximum absolute atomic E-state index is 13.7. The van der Waals surface area contributed by atoms with Gasteiger partial charge >= 0.3 is 5.97 Å². The maximum atomic E-state index is 13.7. The van der Waals surface area contributed by atoms with E-state index in [0.29, 0.717) is 5.75 Å². The molecule has 0 bridgehead atoms. The van der Waals surface area contributed by atoms with Crippen molar-refractivity contribution in [3.8, 4) is 0 Å². The fraction of sp³-hybridized carbons (Fsp3) is 0.467. The molecule has 1 amide bonds. The number of nitrogens with one attached hydrogen (secondary N) is 2. The van der Waals surface area contributed by atoms with Gasteiger partial charge in [0.05, 0.1) is 5.75 Å². The molecule has 0 saturated heterocycles. The van der Waals surface area contributed by atoms with Crippen LogP contribution in [0.4, 0.5) is 4.39 Å². The van der Waals surface area contributed by atoms with Gasteiger partial charge in [0.25, 0.3) is 0 Å². The van der Waals surface area contributed by atoms with E-state index in [4.69, 9.17) is 5.11 Å². The number of carboxylic acid groups (broad SMARTS) is 1. The molecule has 0 radical (unpaired) electrons. The number of hydrogen-bond acceptors (Lipinski definition) is 5. The van der Waals surface area contributed by atoms with Gasteiger partial charge in [0.2, 0.25) is 15.9 Å². The molecule has 0 saturated carbocycles. The highest BCUT2D eigenvalue weighted by Gasteiger charge is 2.29. The Kier molecular flexibility index (Phi) is 8.33. The Hall–Kier alpha value is -1.65. The fourth-order valence-electron chi connectivity index (χ4n) is 1.90. The predicted octanol–water partition coefficient (Wildman–Crippen LogP) is 1.06. The van der Waals surface area contributed by atoms with Crippen LogP contribution in [0.2, 0.25) is 0 Å². The first-order chi connectivity index (χ1) is 11.6. The Morgan fingerprint density at radius 1 is 1.28 bits per heavy atom. The van der Waals surface area contributed by atoms with Crippen LogP contribution in [0.1, 0.15) is 13.8 Å². The van der Waals surface area contributed by atoms with Crippen molar-refractivity contribution in [2.24, 2.45) is 5.92 Å². The molecule has 0 aliphatic heterocycles. The quantitative estimate of drug-likeness (QED) is 0.513. The number of thioether (sulfide) groups is 1. The summed E-state index contributed by atoms with van der Waals surface area (Å²) in [6.45, 7) is 3.52. The van der Waals surface area contributed by atoms with Crippen molar-refractivity contribution >= 4 is 33.7 Å². The molecule has 0 heterocycles. The molecule has 140 valence electrons. The number of hydrogen-bond donors (Lipinski definition) is 3. The Balaban J connectivity index is 2.72. The average molecular weight is 392 g/mol. The molecule has 0 spiro atoms. The molecule has 25 heavy (non-hydrogen) atoms. The first-order valence-corrected chi connectivity index (χ1v) is 10.1. The third-order valence-corrected chi connectivity index (χ3v) is 5.55. The van der Waals surface area contributed by atoms with Gasteiger partial charge in [-0.15, -0.1) is 11.8 Å². The molecule has 1 aromatic carbocycles. The highest BCUT2D eigenvalue weighted by Crippen LogP contribution is 2.15. The van der Waals surface area contributed by atoms with Gasteiger partial charge in [-0.25, -0.2) is 12.8 Å². The summed E-state index contributed by atoms with van der Waals surface area (Å²) < 4.78 is 40.6. The van der Waals surface area contributed by atoms with Gasteiger partial charge in [0, 0.05) is 12.3 Å². The zero-order chi connectivity index (χ0) is 19.0. The molecule has 1 aromatic rings. The topological polar surface area (TPSA) is 113 Å². The molecule has 1 atom stereocenters. The molecular formula is C15H21FN2O5S2. The van der Waals surface area contributed by atoms with Crippen molar-refractivity contribution < 1.29 is 27.5 Å². The number of carbonyl (C=O) groups is 2. The van der Waals surface area contributed by atoms with Gasteiger partial charge in [-0.2, -0.15) is 4.72 Å². The van der Waals surface area contributed by atoms with E-state index < -0.39 is 38.7 Å². The lowest BCUT2D eigenvalue weighted by atomic mass is 10.1. The molecule has 7 nitrogen and oxygen atoms in total. The monoisotopic (exact) mass is 392 g/mol. The maximum Gasteiger partial charge on any atom is 0.313 e. The number of carboxylic acids is 1. The number of sulfonamides is 1. The Morgan fingerprint density at radius 3 is 2.48 bits per heavy atom. The third kappa shape index (κ3) is 7.00. The molecule has 0 aliphatic carbocycles. The van der Waals surface area contributed by atoms with Gasteiger partial charge in [0.15, 0.2) is 0 Å². The molecular weight excluding hydrogens is 371 g/mol. The van der Waals surface area contributed by atoms with Crippen LogP contribution < -0.4 is 10.0 Å². The van der Waals surface area contributed by atoms with Gasteiger partial charge in [0.1, 0.15) is 16.8 Å². The molecule has 1 rings (SSSR count). The van der Waals surface area contributed by atoms with Gasteiger partial charge in [-0.05, 0) is 18.1 Å². The lowest BCUT2D eigenvalue weighted by Gasteiger charge is -2.21. The Bertz CT molecular complexity index is 710. The molecule has 1 unspecified atom stereocenters. The minimum Gasteiger partial charge on any atom is -0.481 e. The number of rotatable bonds is 10. The average Bonchev–Trinajstić information content (AvgIpc) is 2.51. The molecule has 0 fully saturated rings. The summed E-state index contributed by atoms with van der Waals surface area (Å²) in [7, 11) is -4.20. The number of aliphatic carboxylic acids is 1. The van der Waals surface area contributed by atoms with E-state index in [1.807, 2.05) is 0 Å². The standard InChI is InChI=1S/C15H21FN2O5S2/c1-10(2)14(15(21)17-7-8-24-9-13(19)20)18-25(22,23)12-6-4-3-5-11(12)16/h3-6,10,14,18H,7-9H2,1-2H3,(H,17,21)(H,19,20). The summed E-state index contributed by atoms with van der Waals surface area (Å²) in [5.74, 6) is -2.47. The van der Waals surface area contributed by atoms with E-state index >= 15 is 0 Å². The normalized spacial score (nSPS) is 12.8. The van der Waals surface area contributed by atoms with Crippen LogP contribution in [0.3, 0.4) is 0 Å². The van der Waals surface area contributed by atoms with E-state index in [0.717, 1.165) is 23.9 Å². The summed E-state index contributed by atoms with van der Waals surface area (Å²) in [6, 6.07) is 3.83. The summed E-state index contributed by atoms with van der Waals surface area (Å²) >= 11 is 1.13. The Labute approximate surface area is 150 Å². The number of amides is 1. The second-order valence-electron chi connectivity index (χ2n) is 5.51. The van der Waals surface area contributed by atoms with Crippen LogP contribution in [0.5, 0.6) is 0 Å². The molecule has 10 heteroatoms. The van der Waals surface area contributed by atoms with Crippen molar-refractivity contribution in [3.63, 3.8) is 0 Å². The van der Waals surface area contributed by atoms with E-state index in [-0.39, 0.29) is 18.2 Å². The lowest BCUT2D eigenvalue weighted by molar-refractivity contribution is -0.133. The van der Waals surface area contributed by atoms with E-state index in [1.54, 1.807) is 13.8 Å². The van der Waals surface area contributed by atoms with Crippen molar-refractivity contribution in [2.75, 3.05) is 18.1 Å². The lowest BCUT2D eigenvalue weighted by Crippen LogP contribution is -2.50. The van der Waals surface area contributed by atoms with Crippen molar-refractivity contribution in [1.29, 1.82) is 0 Å². The van der Waals surface area contributed by atoms with Crippen molar-refractivity contribution in [1.82, 2.24) is 10.0 Å². The van der Waals surface area contributed by atoms with Crippen LogP contribution in [0.15, 0.2) is 29.2 Å². The van der Waals surface area contributed by atoms with Crippen LogP contribution >= 0.6 is 11.8 Å². The van der Waals surface area contributed by atoms with Gasteiger partial charge < -0.3 is 10.4 Å². The van der Waals surface area contributed by atoms with Crippen LogP contribution in [0, 0.1) is 11.7 Å². The minimum absolute atomic E-state index is 0.0800. The number of halogens is 1. The first kappa shape index (κ1) is 21.4. The zero-order valence-electron chi connectivity index (χ0n) is 13.9. The second-order valence-corrected chi connectivity index (χ2v) is 8.30. The smallest absolute Gasteiger partial charge is 0.313 e. The van der Waals surface area contributed by atoms with E-state index in [1.165, 1.54) is 12.1 Å². The summed E-state index contributed by atoms with van der Waals surface area (Å²) in [5.41, 5.74) is 0. The summed E-state index contributed by atoms with van der Waals surface area (Å²) in [5, 5.41) is 11.1. The van der Waals surface area contributed by atoms with Crippen LogP contribution in [-0.2, 0) is 19.6 Å². The van der Waals surface area contributed by atoms with E-state index in [9.17, 15) is 22.4 Å². The molecule has 3 N–H and O–H groups in total. The first-order valence-electron chi connectivity index (χ1n) is 7.49. The number of benzene rings is 1. The highest BCUT2D eigenvalue weighted by molar-refractivity contribution is 7.99. The van der Waals surface area contributed by atoms with Gasteiger partial charge in [-0.1, -0.05) is 26.0 Å². The van der Waals surface area contributed by atoms with E-state index in [2.05, 4.69) is 10.0 Å².